The molecule has 4 rings (SSSR count). The van der Waals surface area contributed by atoms with Gasteiger partial charge >= 0.3 is 5.69 Å². The summed E-state index contributed by atoms with van der Waals surface area (Å²) in [7, 11) is 4.76. The molecule has 0 atom stereocenters. The van der Waals surface area contributed by atoms with Crippen LogP contribution in [-0.4, -0.2) is 50.8 Å². The molecule has 0 N–H and O–H groups in total. The molecule has 0 bridgehead atoms. The molecule has 2 aromatic rings. The van der Waals surface area contributed by atoms with E-state index in [0.717, 1.165) is 41.9 Å². The zero-order valence-electron chi connectivity index (χ0n) is 18.1. The predicted octanol–water partition coefficient (Wildman–Crippen LogP) is 1.78. The molecule has 1 spiro atoms. The Hall–Kier alpha value is -2.52. The smallest absolute Gasteiger partial charge is 0.330 e. The molecule has 8 nitrogen and oxygen atoms in total. The second kappa shape index (κ2) is 8.55. The Morgan fingerprint density at radius 1 is 1.10 bits per heavy atom. The lowest BCUT2D eigenvalue weighted by molar-refractivity contribution is 0.00720. The number of benzene rings is 1. The molecule has 1 saturated heterocycles. The molecule has 2 aliphatic heterocycles. The number of methoxy groups -OCH3 is 1. The number of hydrogen-bond acceptors (Lipinski definition) is 7. The highest BCUT2D eigenvalue weighted by Gasteiger charge is 2.43. The monoisotopic (exact) mass is 445 g/mol. The Morgan fingerprint density at radius 2 is 1.84 bits per heavy atom. The van der Waals surface area contributed by atoms with Crippen molar-refractivity contribution < 1.29 is 14.3 Å². The van der Waals surface area contributed by atoms with Crippen molar-refractivity contribution in [2.45, 2.75) is 31.3 Å². The molecule has 31 heavy (non-hydrogen) atoms. The van der Waals surface area contributed by atoms with E-state index in [1.807, 2.05) is 12.1 Å². The van der Waals surface area contributed by atoms with E-state index < -0.39 is 5.60 Å². The Labute approximate surface area is 184 Å². The number of piperidine rings is 1. The predicted molar refractivity (Wildman–Crippen MR) is 119 cm³/mol. The Morgan fingerprint density at radius 3 is 2.55 bits per heavy atom. The Balaban J connectivity index is 1.34. The van der Waals surface area contributed by atoms with Gasteiger partial charge < -0.3 is 14.0 Å². The zero-order chi connectivity index (χ0) is 22.2. The van der Waals surface area contributed by atoms with E-state index in [-0.39, 0.29) is 17.0 Å². The van der Waals surface area contributed by atoms with Crippen molar-refractivity contribution in [2.75, 3.05) is 26.0 Å². The summed E-state index contributed by atoms with van der Waals surface area (Å²) in [5.41, 5.74) is 0.318. The van der Waals surface area contributed by atoms with Crippen LogP contribution in [0.5, 0.6) is 11.5 Å². The summed E-state index contributed by atoms with van der Waals surface area (Å²) in [4.78, 5) is 36.7. The van der Waals surface area contributed by atoms with Crippen LogP contribution < -0.4 is 20.7 Å². The molecule has 3 heterocycles. The van der Waals surface area contributed by atoms with Crippen LogP contribution in [0.3, 0.4) is 0 Å². The summed E-state index contributed by atoms with van der Waals surface area (Å²) in [5.74, 6) is 2.18. The fourth-order valence-electron chi connectivity index (χ4n) is 4.20. The molecule has 0 amide bonds. The van der Waals surface area contributed by atoms with Crippen molar-refractivity contribution in [3.05, 3.63) is 56.4 Å². The van der Waals surface area contributed by atoms with Crippen molar-refractivity contribution in [3.8, 4) is 11.5 Å². The minimum Gasteiger partial charge on any atom is -0.497 e. The lowest BCUT2D eigenvalue weighted by Crippen LogP contribution is -2.49. The van der Waals surface area contributed by atoms with Gasteiger partial charge in [0.1, 0.15) is 17.1 Å². The number of aromatic nitrogens is 2. The van der Waals surface area contributed by atoms with Gasteiger partial charge in [-0.3, -0.25) is 18.5 Å². The van der Waals surface area contributed by atoms with Crippen molar-refractivity contribution in [1.29, 1.82) is 0 Å². The van der Waals surface area contributed by atoms with Crippen molar-refractivity contribution in [2.24, 2.45) is 14.1 Å². The van der Waals surface area contributed by atoms with E-state index >= 15 is 0 Å². The molecule has 0 saturated carbocycles. The molecule has 9 heteroatoms. The van der Waals surface area contributed by atoms with Gasteiger partial charge in [0, 0.05) is 57.5 Å². The summed E-state index contributed by atoms with van der Waals surface area (Å²) < 4.78 is 16.5. The maximum atomic E-state index is 12.7. The Bertz CT molecular complexity index is 1120. The number of hydrogen-bond donors (Lipinski definition) is 0. The topological polar surface area (TPSA) is 82.8 Å². The molecular formula is C22H27N3O5S. The highest BCUT2D eigenvalue weighted by Crippen LogP contribution is 2.41. The second-order valence-corrected chi connectivity index (χ2v) is 9.32. The number of carbonyl (C=O) groups is 1. The lowest BCUT2D eigenvalue weighted by Gasteiger charge is -2.43. The van der Waals surface area contributed by atoms with Crippen molar-refractivity contribution in [3.63, 3.8) is 0 Å². The van der Waals surface area contributed by atoms with Gasteiger partial charge in [0.25, 0.3) is 5.56 Å². The van der Waals surface area contributed by atoms with Gasteiger partial charge in [-0.15, -0.1) is 0 Å². The van der Waals surface area contributed by atoms with Crippen LogP contribution in [0.15, 0.2) is 33.9 Å². The molecule has 1 aromatic carbocycles. The number of rotatable bonds is 5. The van der Waals surface area contributed by atoms with E-state index in [0.29, 0.717) is 29.9 Å². The van der Waals surface area contributed by atoms with E-state index in [9.17, 15) is 14.4 Å². The highest BCUT2D eigenvalue weighted by atomic mass is 32.2. The van der Waals surface area contributed by atoms with Crippen molar-refractivity contribution >= 4 is 17.7 Å². The van der Waals surface area contributed by atoms with Crippen LogP contribution in [0.4, 0.5) is 0 Å². The number of aryl methyl sites for hydroxylation is 1. The third kappa shape index (κ3) is 4.29. The van der Waals surface area contributed by atoms with E-state index in [1.165, 1.54) is 17.7 Å². The fraction of sp³-hybridized carbons (Fsp3) is 0.500. The molecule has 1 fully saturated rings. The van der Waals surface area contributed by atoms with Crippen LogP contribution in [0.1, 0.15) is 35.3 Å². The molecule has 0 aliphatic carbocycles. The summed E-state index contributed by atoms with van der Waals surface area (Å²) in [6.45, 7) is 1.64. The quantitative estimate of drug-likeness (QED) is 0.649. The largest absolute Gasteiger partial charge is 0.497 e. The van der Waals surface area contributed by atoms with E-state index in [1.54, 1.807) is 32.2 Å². The molecule has 2 aliphatic rings. The average Bonchev–Trinajstić information content (AvgIpc) is 2.77. The molecular weight excluding hydrogens is 418 g/mol. The number of Topliss-reactive ketones (excluding diaryl/α,β-unsaturated/α-hetero) is 1. The summed E-state index contributed by atoms with van der Waals surface area (Å²) >= 11 is 1.71. The zero-order valence-corrected chi connectivity index (χ0v) is 18.9. The number of fused-ring (bicyclic) bond motifs is 1. The average molecular weight is 446 g/mol. The first-order valence-electron chi connectivity index (χ1n) is 10.4. The van der Waals surface area contributed by atoms with E-state index in [2.05, 4.69) is 4.31 Å². The SMILES string of the molecule is COc1ccc2c(c1)C(=O)CC1(CCN(SCCc3cc(=O)n(C)c(=O)n3C)CC1)O2. The molecule has 0 unspecified atom stereocenters. The maximum Gasteiger partial charge on any atom is 0.330 e. The van der Waals surface area contributed by atoms with Crippen LogP contribution in [0.2, 0.25) is 0 Å². The third-order valence-electron chi connectivity index (χ3n) is 6.19. The number of nitrogens with zero attached hydrogens (tertiary/aromatic N) is 3. The van der Waals surface area contributed by atoms with Crippen molar-refractivity contribution in [1.82, 2.24) is 13.4 Å². The minimum atomic E-state index is -0.439. The maximum absolute atomic E-state index is 12.7. The van der Waals surface area contributed by atoms with Crippen LogP contribution in [-0.2, 0) is 20.5 Å². The van der Waals surface area contributed by atoms with Gasteiger partial charge in [-0.25, -0.2) is 4.79 Å². The Kier molecular flexibility index (Phi) is 5.98. The summed E-state index contributed by atoms with van der Waals surface area (Å²) in [6, 6.07) is 6.92. The van der Waals surface area contributed by atoms with Gasteiger partial charge in [-0.2, -0.15) is 0 Å². The number of carbonyl (C=O) groups excluding carboxylic acids is 1. The molecule has 166 valence electrons. The molecule has 0 radical (unpaired) electrons. The lowest BCUT2D eigenvalue weighted by atomic mass is 9.83. The summed E-state index contributed by atoms with van der Waals surface area (Å²) in [6.07, 6.45) is 2.59. The standard InChI is InChI=1S/C22H27N3O5S/c1-23-15(12-20(27)24(2)21(23)28)6-11-31-25-9-7-22(8-10-25)14-18(26)17-13-16(29-3)4-5-19(17)30-22/h4-5,12-13H,6-11,14H2,1-3H3. The van der Waals surface area contributed by atoms with E-state index in [4.69, 9.17) is 9.47 Å². The number of ketones is 1. The first-order valence-corrected chi connectivity index (χ1v) is 11.3. The summed E-state index contributed by atoms with van der Waals surface area (Å²) in [5, 5.41) is 0. The van der Waals surface area contributed by atoms with Gasteiger partial charge in [0.2, 0.25) is 0 Å². The first kappa shape index (κ1) is 21.7. The fourth-order valence-corrected chi connectivity index (χ4v) is 5.20. The van der Waals surface area contributed by atoms with Gasteiger partial charge in [0.05, 0.1) is 19.1 Å². The van der Waals surface area contributed by atoms with Crippen LogP contribution >= 0.6 is 11.9 Å². The van der Waals surface area contributed by atoms with Crippen LogP contribution in [0, 0.1) is 0 Å². The highest BCUT2D eigenvalue weighted by molar-refractivity contribution is 7.97. The normalized spacial score (nSPS) is 18.0. The molecule has 1 aromatic heterocycles. The minimum absolute atomic E-state index is 0.104. The second-order valence-electron chi connectivity index (χ2n) is 8.13. The van der Waals surface area contributed by atoms with Gasteiger partial charge in [-0.1, -0.05) is 11.9 Å². The van der Waals surface area contributed by atoms with Gasteiger partial charge in [0.15, 0.2) is 5.78 Å². The van der Waals surface area contributed by atoms with Gasteiger partial charge in [-0.05, 0) is 24.6 Å². The van der Waals surface area contributed by atoms with Crippen LogP contribution in [0.25, 0.3) is 0 Å². The number of ether oxygens (including phenoxy) is 2. The first-order chi connectivity index (χ1) is 14.8. The third-order valence-corrected chi connectivity index (χ3v) is 7.30.